The van der Waals surface area contributed by atoms with Crippen molar-refractivity contribution >= 4 is 43.2 Å². The van der Waals surface area contributed by atoms with Crippen LogP contribution < -0.4 is 10.6 Å². The van der Waals surface area contributed by atoms with Gasteiger partial charge >= 0.3 is 0 Å². The van der Waals surface area contributed by atoms with Gasteiger partial charge in [-0.15, -0.1) is 0 Å². The predicted octanol–water partition coefficient (Wildman–Crippen LogP) is 3.83. The summed E-state index contributed by atoms with van der Waals surface area (Å²) in [5.74, 6) is 0. The van der Waals surface area contributed by atoms with Crippen LogP contribution in [-0.2, 0) is 6.54 Å². The highest BCUT2D eigenvalue weighted by Gasteiger charge is 2.11. The summed E-state index contributed by atoms with van der Waals surface area (Å²) in [6.07, 6.45) is 3.42. The summed E-state index contributed by atoms with van der Waals surface area (Å²) in [4.78, 5) is 6.14. The number of aromatic nitrogens is 1. The molecule has 18 heavy (non-hydrogen) atoms. The molecule has 0 amide bonds. The van der Waals surface area contributed by atoms with Crippen molar-refractivity contribution in [2.24, 2.45) is 0 Å². The topological polar surface area (TPSA) is 42.1 Å². The van der Waals surface area contributed by atoms with E-state index in [0.717, 1.165) is 21.2 Å². The molecule has 2 rings (SSSR count). The third kappa shape index (κ3) is 2.84. The molecule has 1 aromatic heterocycles. The Labute approximate surface area is 123 Å². The zero-order chi connectivity index (χ0) is 13.1. The van der Waals surface area contributed by atoms with E-state index in [2.05, 4.69) is 47.8 Å². The van der Waals surface area contributed by atoms with Gasteiger partial charge in [-0.1, -0.05) is 34.1 Å². The lowest BCUT2D eigenvalue weighted by molar-refractivity contribution is 0.914. The van der Waals surface area contributed by atoms with Gasteiger partial charge in [-0.2, -0.15) is 0 Å². The van der Waals surface area contributed by atoms with Gasteiger partial charge in [0.25, 0.3) is 0 Å². The quantitative estimate of drug-likeness (QED) is 0.892. The van der Waals surface area contributed by atoms with Crippen LogP contribution in [0.3, 0.4) is 0 Å². The molecule has 1 heterocycles. The molecular formula is C13H13Br2N3. The highest BCUT2D eigenvalue weighted by atomic mass is 79.9. The van der Waals surface area contributed by atoms with Crippen LogP contribution in [-0.4, -0.2) is 12.0 Å². The minimum Gasteiger partial charge on any atom is -0.396 e. The molecule has 5 heteroatoms. The monoisotopic (exact) mass is 369 g/mol. The van der Waals surface area contributed by atoms with Gasteiger partial charge in [0, 0.05) is 24.3 Å². The summed E-state index contributed by atoms with van der Waals surface area (Å²) in [7, 11) is 2.01. The summed E-state index contributed by atoms with van der Waals surface area (Å²) in [5.41, 5.74) is 8.80. The number of nitrogens with two attached hydrogens (primary N) is 1. The lowest BCUT2D eigenvalue weighted by Crippen LogP contribution is -2.18. The van der Waals surface area contributed by atoms with Crippen molar-refractivity contribution < 1.29 is 0 Å². The van der Waals surface area contributed by atoms with Crippen molar-refractivity contribution in [3.8, 4) is 0 Å². The second-order valence-electron chi connectivity index (χ2n) is 4.01. The number of nitrogen functional groups attached to an aromatic ring is 1. The number of hydrogen-bond donors (Lipinski definition) is 1. The van der Waals surface area contributed by atoms with Crippen molar-refractivity contribution in [1.82, 2.24) is 4.98 Å². The first-order valence-corrected chi connectivity index (χ1v) is 7.01. The molecule has 0 aliphatic carbocycles. The maximum Gasteiger partial charge on any atom is 0.0776 e. The first-order chi connectivity index (χ1) is 8.59. The van der Waals surface area contributed by atoms with Gasteiger partial charge in [-0.25, -0.2) is 0 Å². The van der Waals surface area contributed by atoms with Gasteiger partial charge in [0.1, 0.15) is 0 Å². The van der Waals surface area contributed by atoms with Crippen LogP contribution in [0.1, 0.15) is 5.56 Å². The minimum absolute atomic E-state index is 0.666. The number of anilines is 2. The smallest absolute Gasteiger partial charge is 0.0776 e. The van der Waals surface area contributed by atoms with Crippen LogP contribution in [0.15, 0.2) is 45.6 Å². The average Bonchev–Trinajstić information content (AvgIpc) is 2.32. The lowest BCUT2D eigenvalue weighted by atomic mass is 10.2. The molecule has 0 saturated heterocycles. The van der Waals surface area contributed by atoms with E-state index >= 15 is 0 Å². The lowest BCUT2D eigenvalue weighted by Gasteiger charge is -2.22. The normalized spacial score (nSPS) is 10.4. The van der Waals surface area contributed by atoms with E-state index in [1.807, 2.05) is 25.2 Å². The molecule has 0 aliphatic rings. The van der Waals surface area contributed by atoms with E-state index in [-0.39, 0.29) is 0 Å². The number of nitrogens with zero attached hydrogens (tertiary/aromatic N) is 2. The van der Waals surface area contributed by atoms with Crippen molar-refractivity contribution in [3.05, 3.63) is 51.2 Å². The van der Waals surface area contributed by atoms with Crippen LogP contribution in [0, 0.1) is 0 Å². The van der Waals surface area contributed by atoms with E-state index in [0.29, 0.717) is 5.69 Å². The van der Waals surface area contributed by atoms with Gasteiger partial charge < -0.3 is 10.6 Å². The van der Waals surface area contributed by atoms with Gasteiger partial charge in [0.05, 0.1) is 22.0 Å². The molecule has 0 saturated carbocycles. The van der Waals surface area contributed by atoms with E-state index in [9.17, 15) is 0 Å². The standard InChI is InChI=1S/C13H13Br2N3/c1-18(8-9-4-2-3-5-10(9)14)13-11(15)6-17-7-12(13)16/h2-7H,8,16H2,1H3. The Balaban J connectivity index is 2.28. The molecule has 2 aromatic rings. The second kappa shape index (κ2) is 5.71. The molecule has 3 nitrogen and oxygen atoms in total. The Morgan fingerprint density at radius 3 is 2.56 bits per heavy atom. The maximum atomic E-state index is 5.97. The highest BCUT2D eigenvalue weighted by Crippen LogP contribution is 2.31. The zero-order valence-electron chi connectivity index (χ0n) is 9.90. The van der Waals surface area contributed by atoms with Gasteiger partial charge in [0.2, 0.25) is 0 Å². The molecule has 1 aromatic carbocycles. The molecule has 0 spiro atoms. The van der Waals surface area contributed by atoms with E-state index in [4.69, 9.17) is 5.73 Å². The van der Waals surface area contributed by atoms with Gasteiger partial charge in [0.15, 0.2) is 0 Å². The fourth-order valence-corrected chi connectivity index (χ4v) is 2.87. The maximum absolute atomic E-state index is 5.97. The zero-order valence-corrected chi connectivity index (χ0v) is 13.1. The number of pyridine rings is 1. The third-order valence-electron chi connectivity index (χ3n) is 2.65. The summed E-state index contributed by atoms with van der Waals surface area (Å²) in [5, 5.41) is 0. The molecular weight excluding hydrogens is 358 g/mol. The Morgan fingerprint density at radius 1 is 1.17 bits per heavy atom. The fourth-order valence-electron chi connectivity index (χ4n) is 1.81. The van der Waals surface area contributed by atoms with Crippen LogP contribution in [0.5, 0.6) is 0 Å². The number of rotatable bonds is 3. The van der Waals surface area contributed by atoms with Crippen LogP contribution >= 0.6 is 31.9 Å². The Hall–Kier alpha value is -1.07. The SMILES string of the molecule is CN(Cc1ccccc1Br)c1c(N)cncc1Br. The highest BCUT2D eigenvalue weighted by molar-refractivity contribution is 9.11. The summed E-state index contributed by atoms with van der Waals surface area (Å²) in [6.45, 7) is 0.772. The van der Waals surface area contributed by atoms with Crippen molar-refractivity contribution in [2.75, 3.05) is 17.7 Å². The van der Waals surface area contributed by atoms with Crippen LogP contribution in [0.2, 0.25) is 0 Å². The molecule has 0 unspecified atom stereocenters. The van der Waals surface area contributed by atoms with Crippen molar-refractivity contribution in [3.63, 3.8) is 0 Å². The van der Waals surface area contributed by atoms with E-state index in [1.54, 1.807) is 12.4 Å². The predicted molar refractivity (Wildman–Crippen MR) is 82.6 cm³/mol. The molecule has 0 aliphatic heterocycles. The Kier molecular flexibility index (Phi) is 4.24. The van der Waals surface area contributed by atoms with E-state index < -0.39 is 0 Å². The van der Waals surface area contributed by atoms with Crippen molar-refractivity contribution in [1.29, 1.82) is 0 Å². The van der Waals surface area contributed by atoms with Crippen LogP contribution in [0.4, 0.5) is 11.4 Å². The molecule has 0 fully saturated rings. The van der Waals surface area contributed by atoms with Crippen LogP contribution in [0.25, 0.3) is 0 Å². The minimum atomic E-state index is 0.666. The number of hydrogen-bond acceptors (Lipinski definition) is 3. The second-order valence-corrected chi connectivity index (χ2v) is 5.72. The molecule has 2 N–H and O–H groups in total. The average molecular weight is 371 g/mol. The summed E-state index contributed by atoms with van der Waals surface area (Å²) >= 11 is 7.04. The molecule has 0 atom stereocenters. The van der Waals surface area contributed by atoms with Crippen molar-refractivity contribution in [2.45, 2.75) is 6.54 Å². The first kappa shape index (κ1) is 13.4. The Bertz CT molecular complexity index is 537. The third-order valence-corrected chi connectivity index (χ3v) is 4.00. The molecule has 0 bridgehead atoms. The fraction of sp³-hybridized carbons (Fsp3) is 0.154. The number of halogens is 2. The first-order valence-electron chi connectivity index (χ1n) is 5.43. The van der Waals surface area contributed by atoms with Gasteiger partial charge in [-0.05, 0) is 27.6 Å². The van der Waals surface area contributed by atoms with E-state index in [1.165, 1.54) is 5.56 Å². The summed E-state index contributed by atoms with van der Waals surface area (Å²) < 4.78 is 2.00. The van der Waals surface area contributed by atoms with Gasteiger partial charge in [-0.3, -0.25) is 4.98 Å². The molecule has 94 valence electrons. The summed E-state index contributed by atoms with van der Waals surface area (Å²) in [6, 6.07) is 8.16. The number of benzene rings is 1. The largest absolute Gasteiger partial charge is 0.396 e. The Morgan fingerprint density at radius 2 is 1.89 bits per heavy atom. The molecule has 0 radical (unpaired) electrons.